The summed E-state index contributed by atoms with van der Waals surface area (Å²) in [6.45, 7) is 1.78. The van der Waals surface area contributed by atoms with Crippen LogP contribution in [0.4, 0.5) is 11.6 Å². The van der Waals surface area contributed by atoms with Gasteiger partial charge in [-0.05, 0) is 37.6 Å². The normalized spacial score (nSPS) is 13.4. The standard InChI is InChI=1S/C10H14N6S/c1-4-8(11)16-9(12)7(14-4)6(5-2-3-5)15-10(13)17/h2-3H2,1H3,(H4,11,12,16)(H3,13,15,17). The fraction of sp³-hybridized carbons (Fsp3) is 0.300. The highest BCUT2D eigenvalue weighted by atomic mass is 32.1. The fourth-order valence-electron chi connectivity index (χ4n) is 1.48. The molecule has 1 heterocycles. The molecule has 0 saturated heterocycles. The molecule has 0 radical (unpaired) electrons. The summed E-state index contributed by atoms with van der Waals surface area (Å²) in [6.07, 6.45) is 1.99. The van der Waals surface area contributed by atoms with E-state index in [0.717, 1.165) is 18.5 Å². The number of anilines is 2. The maximum Gasteiger partial charge on any atom is 0.168 e. The second-order valence-corrected chi connectivity index (χ2v) is 4.34. The van der Waals surface area contributed by atoms with Crippen molar-refractivity contribution in [3.05, 3.63) is 17.0 Å². The van der Waals surface area contributed by atoms with Crippen molar-refractivity contribution in [1.29, 1.82) is 0 Å². The molecule has 7 N–H and O–H groups in total. The summed E-state index contributed by atoms with van der Waals surface area (Å²) in [6, 6.07) is 0. The molecule has 0 amide bonds. The maximum absolute atomic E-state index is 5.82. The van der Waals surface area contributed by atoms with Crippen molar-refractivity contribution >= 4 is 34.7 Å². The Balaban J connectivity index is 2.48. The molecule has 1 aromatic heterocycles. The molecule has 0 atom stereocenters. The van der Waals surface area contributed by atoms with E-state index < -0.39 is 0 Å². The molecule has 0 unspecified atom stereocenters. The number of aromatic nitrogens is 2. The van der Waals surface area contributed by atoms with Gasteiger partial charge in [0.05, 0.1) is 11.4 Å². The maximum atomic E-state index is 5.82. The Morgan fingerprint density at radius 2 is 1.88 bits per heavy atom. The first-order valence-electron chi connectivity index (χ1n) is 5.17. The molecule has 1 fully saturated rings. The molecule has 0 bridgehead atoms. The van der Waals surface area contributed by atoms with Crippen molar-refractivity contribution in [2.24, 2.45) is 5.73 Å². The zero-order valence-electron chi connectivity index (χ0n) is 9.45. The summed E-state index contributed by atoms with van der Waals surface area (Å²) in [4.78, 5) is 8.39. The molecule has 90 valence electrons. The molecule has 1 aliphatic rings. The van der Waals surface area contributed by atoms with Gasteiger partial charge in [0.15, 0.2) is 10.9 Å². The van der Waals surface area contributed by atoms with Gasteiger partial charge in [-0.25, -0.2) is 9.97 Å². The lowest BCUT2D eigenvalue weighted by Gasteiger charge is -2.12. The fourth-order valence-corrected chi connectivity index (χ4v) is 1.58. The number of aryl methyl sites for hydroxylation is 1. The van der Waals surface area contributed by atoms with Crippen LogP contribution in [-0.2, 0) is 0 Å². The van der Waals surface area contributed by atoms with Crippen molar-refractivity contribution in [3.63, 3.8) is 0 Å². The first-order valence-corrected chi connectivity index (χ1v) is 5.58. The molecule has 17 heavy (non-hydrogen) atoms. The van der Waals surface area contributed by atoms with Gasteiger partial charge in [0, 0.05) is 0 Å². The van der Waals surface area contributed by atoms with Gasteiger partial charge in [0.25, 0.3) is 0 Å². The van der Waals surface area contributed by atoms with Crippen LogP contribution in [0.1, 0.15) is 24.2 Å². The Morgan fingerprint density at radius 3 is 2.41 bits per heavy atom. The molecule has 0 spiro atoms. The Bertz CT molecular complexity index is 516. The highest BCUT2D eigenvalue weighted by molar-refractivity contribution is 7.80. The van der Waals surface area contributed by atoms with E-state index in [1.54, 1.807) is 6.92 Å². The smallest absolute Gasteiger partial charge is 0.168 e. The van der Waals surface area contributed by atoms with Gasteiger partial charge in [-0.2, -0.15) is 0 Å². The van der Waals surface area contributed by atoms with E-state index in [9.17, 15) is 0 Å². The molecule has 0 aromatic carbocycles. The topological polar surface area (TPSA) is 116 Å². The number of nitrogens with one attached hydrogen (secondary N) is 1. The summed E-state index contributed by atoms with van der Waals surface area (Å²) in [5, 5.41) is 3.10. The number of hydrogen-bond acceptors (Lipinski definition) is 5. The van der Waals surface area contributed by atoms with E-state index in [1.807, 2.05) is 0 Å². The Labute approximate surface area is 104 Å². The molecule has 1 saturated carbocycles. The van der Waals surface area contributed by atoms with Gasteiger partial charge in [0.2, 0.25) is 0 Å². The molecule has 1 aromatic rings. The number of nitrogen functional groups attached to an aromatic ring is 2. The first-order chi connectivity index (χ1) is 7.99. The number of hydrogen-bond donors (Lipinski definition) is 4. The van der Waals surface area contributed by atoms with Crippen LogP contribution in [0.2, 0.25) is 0 Å². The Hall–Kier alpha value is -1.89. The summed E-state index contributed by atoms with van der Waals surface area (Å²) in [7, 11) is 0. The van der Waals surface area contributed by atoms with E-state index in [0.29, 0.717) is 17.2 Å². The van der Waals surface area contributed by atoms with Gasteiger partial charge >= 0.3 is 0 Å². The summed E-state index contributed by atoms with van der Waals surface area (Å²) < 4.78 is 0. The van der Waals surface area contributed by atoms with Crippen molar-refractivity contribution in [2.75, 3.05) is 11.5 Å². The zero-order valence-corrected chi connectivity index (χ0v) is 10.3. The third kappa shape index (κ3) is 2.44. The third-order valence-electron chi connectivity index (χ3n) is 2.47. The molecule has 2 rings (SSSR count). The quantitative estimate of drug-likeness (QED) is 0.557. The molecular formula is C10H14N6S. The molecule has 1 aliphatic carbocycles. The summed E-state index contributed by atoms with van der Waals surface area (Å²) in [5.74, 6) is 0.618. The molecule has 7 heteroatoms. The first kappa shape index (κ1) is 11.6. The van der Waals surface area contributed by atoms with Gasteiger partial charge < -0.3 is 22.5 Å². The van der Waals surface area contributed by atoms with Crippen LogP contribution in [0.5, 0.6) is 0 Å². The number of thiocarbonyl (C=S) groups is 1. The predicted molar refractivity (Wildman–Crippen MR) is 71.7 cm³/mol. The lowest BCUT2D eigenvalue weighted by Crippen LogP contribution is -2.28. The van der Waals surface area contributed by atoms with Gasteiger partial charge in [0.1, 0.15) is 11.5 Å². The van der Waals surface area contributed by atoms with Crippen LogP contribution in [0, 0.1) is 6.92 Å². The number of rotatable bonds is 2. The van der Waals surface area contributed by atoms with E-state index in [2.05, 4.69) is 15.3 Å². The SMILES string of the molecule is Cc1nc(C(NC(N)=S)=C2CC2)c(N)nc1N. The van der Waals surface area contributed by atoms with E-state index in [-0.39, 0.29) is 10.9 Å². The van der Waals surface area contributed by atoms with Gasteiger partial charge in [-0.15, -0.1) is 0 Å². The minimum atomic E-state index is 0.190. The van der Waals surface area contributed by atoms with Crippen molar-refractivity contribution < 1.29 is 0 Å². The van der Waals surface area contributed by atoms with Crippen LogP contribution in [0.15, 0.2) is 5.57 Å². The minimum absolute atomic E-state index is 0.190. The molecular weight excluding hydrogens is 236 g/mol. The molecule has 6 nitrogen and oxygen atoms in total. The second-order valence-electron chi connectivity index (χ2n) is 3.90. The predicted octanol–water partition coefficient (Wildman–Crippen LogP) is 0.288. The lowest BCUT2D eigenvalue weighted by molar-refractivity contribution is 1.09. The van der Waals surface area contributed by atoms with Gasteiger partial charge in [-0.3, -0.25) is 0 Å². The largest absolute Gasteiger partial charge is 0.382 e. The zero-order chi connectivity index (χ0) is 12.6. The van der Waals surface area contributed by atoms with Crippen molar-refractivity contribution in [1.82, 2.24) is 15.3 Å². The van der Waals surface area contributed by atoms with E-state index in [1.165, 1.54) is 5.57 Å². The van der Waals surface area contributed by atoms with Crippen LogP contribution < -0.4 is 22.5 Å². The van der Waals surface area contributed by atoms with Crippen molar-refractivity contribution in [3.8, 4) is 0 Å². The summed E-state index contributed by atoms with van der Waals surface area (Å²) in [5.41, 5.74) is 20.1. The third-order valence-corrected chi connectivity index (χ3v) is 2.57. The monoisotopic (exact) mass is 250 g/mol. The highest BCUT2D eigenvalue weighted by Crippen LogP contribution is 2.35. The van der Waals surface area contributed by atoms with Crippen LogP contribution in [0.25, 0.3) is 5.70 Å². The lowest BCUT2D eigenvalue weighted by atomic mass is 10.2. The van der Waals surface area contributed by atoms with Crippen molar-refractivity contribution in [2.45, 2.75) is 19.8 Å². The summed E-state index contributed by atoms with van der Waals surface area (Å²) >= 11 is 4.84. The minimum Gasteiger partial charge on any atom is -0.382 e. The van der Waals surface area contributed by atoms with Crippen LogP contribution >= 0.6 is 12.2 Å². The average Bonchev–Trinajstić information content (AvgIpc) is 3.04. The van der Waals surface area contributed by atoms with Crippen LogP contribution in [-0.4, -0.2) is 15.1 Å². The average molecular weight is 250 g/mol. The number of nitrogens with zero attached hydrogens (tertiary/aromatic N) is 2. The number of allylic oxidation sites excluding steroid dienone is 1. The Kier molecular flexibility index (Phi) is 2.84. The van der Waals surface area contributed by atoms with E-state index in [4.69, 9.17) is 29.4 Å². The Morgan fingerprint density at radius 1 is 1.24 bits per heavy atom. The highest BCUT2D eigenvalue weighted by Gasteiger charge is 2.23. The van der Waals surface area contributed by atoms with E-state index >= 15 is 0 Å². The van der Waals surface area contributed by atoms with Crippen LogP contribution in [0.3, 0.4) is 0 Å². The number of nitrogens with two attached hydrogens (primary N) is 3. The van der Waals surface area contributed by atoms with Gasteiger partial charge in [-0.1, -0.05) is 0 Å². The second kappa shape index (κ2) is 4.17. The molecule has 0 aliphatic heterocycles.